The summed E-state index contributed by atoms with van der Waals surface area (Å²) in [6.07, 6.45) is 1.79. The van der Waals surface area contributed by atoms with Crippen molar-refractivity contribution in [2.24, 2.45) is 0 Å². The van der Waals surface area contributed by atoms with Crippen molar-refractivity contribution in [1.82, 2.24) is 14.8 Å². The summed E-state index contributed by atoms with van der Waals surface area (Å²) in [6, 6.07) is 7.86. The van der Waals surface area contributed by atoms with Crippen LogP contribution in [0.4, 0.5) is 5.69 Å². The first-order valence-corrected chi connectivity index (χ1v) is 7.24. The van der Waals surface area contributed by atoms with Crippen LogP contribution in [0.2, 0.25) is 0 Å². The van der Waals surface area contributed by atoms with Gasteiger partial charge in [0.15, 0.2) is 0 Å². The van der Waals surface area contributed by atoms with Crippen LogP contribution in [0, 0.1) is 13.8 Å². The fourth-order valence-electron chi connectivity index (χ4n) is 2.08. The van der Waals surface area contributed by atoms with Crippen molar-refractivity contribution in [3.05, 3.63) is 57.3 Å². The molecule has 0 saturated heterocycles. The number of aryl methyl sites for hydroxylation is 2. The topological polar surface area (TPSA) is 68.1 Å². The summed E-state index contributed by atoms with van der Waals surface area (Å²) in [5, 5.41) is 4.02. The molecule has 0 atom stereocenters. The summed E-state index contributed by atoms with van der Waals surface area (Å²) in [5.41, 5.74) is 2.32. The maximum absolute atomic E-state index is 12.5. The van der Waals surface area contributed by atoms with E-state index in [2.05, 4.69) is 10.1 Å². The van der Waals surface area contributed by atoms with E-state index < -0.39 is 5.56 Å². The predicted molar refractivity (Wildman–Crippen MR) is 90.8 cm³/mol. The number of carbonyl (C=O) groups is 1. The quantitative estimate of drug-likeness (QED) is 0.812. The minimum Gasteiger partial charge on any atom is -0.378 e. The Balaban J connectivity index is 2.32. The van der Waals surface area contributed by atoms with E-state index in [0.29, 0.717) is 5.57 Å². The zero-order valence-electron chi connectivity index (χ0n) is 14.0. The van der Waals surface area contributed by atoms with Crippen LogP contribution in [-0.2, 0) is 0 Å². The van der Waals surface area contributed by atoms with Gasteiger partial charge in [-0.15, -0.1) is 0 Å². The van der Waals surface area contributed by atoms with Crippen LogP contribution < -0.4 is 10.5 Å². The van der Waals surface area contributed by atoms with Gasteiger partial charge in [-0.3, -0.25) is 9.59 Å². The van der Waals surface area contributed by atoms with Crippen molar-refractivity contribution in [3.8, 4) is 0 Å². The van der Waals surface area contributed by atoms with Gasteiger partial charge in [-0.05, 0) is 44.5 Å². The molecule has 1 aromatic heterocycles. The van der Waals surface area contributed by atoms with Crippen molar-refractivity contribution in [2.45, 2.75) is 20.8 Å². The molecule has 0 fully saturated rings. The molecular formula is C17H20N4O2. The summed E-state index contributed by atoms with van der Waals surface area (Å²) < 4.78 is 1.16. The number of hydrogen-bond acceptors (Lipinski definition) is 5. The summed E-state index contributed by atoms with van der Waals surface area (Å²) in [4.78, 5) is 29.7. The van der Waals surface area contributed by atoms with Gasteiger partial charge in [0, 0.05) is 25.4 Å². The van der Waals surface area contributed by atoms with Gasteiger partial charge in [-0.2, -0.15) is 14.8 Å². The van der Waals surface area contributed by atoms with Crippen LogP contribution in [0.3, 0.4) is 0 Å². The van der Waals surface area contributed by atoms with Crippen molar-refractivity contribution in [1.29, 1.82) is 0 Å². The van der Waals surface area contributed by atoms with Crippen LogP contribution in [0.1, 0.15) is 28.8 Å². The lowest BCUT2D eigenvalue weighted by molar-refractivity contribution is 0.0934. The number of nitrogens with zero attached hydrogens (tertiary/aromatic N) is 4. The molecule has 120 valence electrons. The maximum Gasteiger partial charge on any atom is 0.294 e. The number of rotatable bonds is 3. The van der Waals surface area contributed by atoms with E-state index in [-0.39, 0.29) is 17.4 Å². The van der Waals surface area contributed by atoms with E-state index in [1.807, 2.05) is 43.3 Å². The first kappa shape index (κ1) is 16.6. The molecule has 0 aliphatic heterocycles. The average Bonchev–Trinajstić information content (AvgIpc) is 2.50. The number of aromatic nitrogens is 3. The molecule has 0 bridgehead atoms. The second-order valence-corrected chi connectivity index (χ2v) is 5.58. The highest BCUT2D eigenvalue weighted by Crippen LogP contribution is 2.15. The number of anilines is 1. The van der Waals surface area contributed by atoms with E-state index >= 15 is 0 Å². The predicted octanol–water partition coefficient (Wildman–Crippen LogP) is 2.06. The first-order chi connectivity index (χ1) is 10.8. The fourth-order valence-corrected chi connectivity index (χ4v) is 2.08. The number of hydrogen-bond donors (Lipinski definition) is 0. The molecule has 0 aliphatic carbocycles. The molecule has 23 heavy (non-hydrogen) atoms. The van der Waals surface area contributed by atoms with Gasteiger partial charge in [0.1, 0.15) is 11.5 Å². The van der Waals surface area contributed by atoms with Gasteiger partial charge >= 0.3 is 0 Å². The Labute approximate surface area is 135 Å². The number of carbonyl (C=O) groups excluding carboxylic acids is 1. The van der Waals surface area contributed by atoms with Gasteiger partial charge < -0.3 is 4.90 Å². The Kier molecular flexibility index (Phi) is 4.74. The van der Waals surface area contributed by atoms with Gasteiger partial charge in [-0.25, -0.2) is 0 Å². The van der Waals surface area contributed by atoms with Crippen molar-refractivity contribution < 1.29 is 4.79 Å². The lowest BCUT2D eigenvalue weighted by Gasteiger charge is -2.12. The number of allylic oxidation sites excluding steroid dienone is 1. The lowest BCUT2D eigenvalue weighted by atomic mass is 10.1. The smallest absolute Gasteiger partial charge is 0.294 e. The molecule has 0 amide bonds. The van der Waals surface area contributed by atoms with Gasteiger partial charge in [0.25, 0.3) is 11.5 Å². The Morgan fingerprint density at radius 3 is 2.35 bits per heavy atom. The summed E-state index contributed by atoms with van der Waals surface area (Å²) in [5.74, 6) is -0.0175. The maximum atomic E-state index is 12.5. The van der Waals surface area contributed by atoms with Crippen LogP contribution in [-0.4, -0.2) is 34.8 Å². The van der Waals surface area contributed by atoms with E-state index in [9.17, 15) is 9.59 Å². The fraction of sp³-hybridized carbons (Fsp3) is 0.294. The molecule has 0 N–H and O–H groups in total. The van der Waals surface area contributed by atoms with Gasteiger partial charge in [0.2, 0.25) is 0 Å². The van der Waals surface area contributed by atoms with Gasteiger partial charge in [-0.1, -0.05) is 12.1 Å². The molecule has 0 aliphatic rings. The molecule has 6 nitrogen and oxygen atoms in total. The minimum atomic E-state index is -0.410. The van der Waals surface area contributed by atoms with Crippen molar-refractivity contribution >= 4 is 17.7 Å². The van der Waals surface area contributed by atoms with Crippen LogP contribution >= 0.6 is 0 Å². The monoisotopic (exact) mass is 312 g/mol. The molecule has 0 unspecified atom stereocenters. The van der Waals surface area contributed by atoms with Crippen molar-refractivity contribution in [2.75, 3.05) is 19.0 Å². The zero-order chi connectivity index (χ0) is 17.1. The van der Waals surface area contributed by atoms with E-state index in [0.717, 1.165) is 15.9 Å². The van der Waals surface area contributed by atoms with Crippen molar-refractivity contribution in [3.63, 3.8) is 0 Å². The molecule has 2 rings (SSSR count). The van der Waals surface area contributed by atoms with Gasteiger partial charge in [0.05, 0.1) is 0 Å². The third-order valence-corrected chi connectivity index (χ3v) is 3.45. The minimum absolute atomic E-state index is 0.201. The SMILES string of the molecule is C/C(=C\c1ccc(N(C)C)cc1)C(=O)n1nc(C)c(=O)nc1C. The lowest BCUT2D eigenvalue weighted by Crippen LogP contribution is -2.26. The normalized spacial score (nSPS) is 11.4. The standard InChI is InChI=1S/C17H20N4O2/c1-11(10-14-6-8-15(9-7-14)20(4)5)17(23)21-13(3)18-16(22)12(2)19-21/h6-10H,1-5H3/b11-10+. The Bertz CT molecular complexity index is 817. The first-order valence-electron chi connectivity index (χ1n) is 7.24. The second kappa shape index (κ2) is 6.56. The van der Waals surface area contributed by atoms with E-state index in [1.165, 1.54) is 6.92 Å². The Morgan fingerprint density at radius 1 is 1.17 bits per heavy atom. The average molecular weight is 312 g/mol. The van der Waals surface area contributed by atoms with Crippen LogP contribution in [0.5, 0.6) is 0 Å². The highest BCUT2D eigenvalue weighted by molar-refractivity contribution is 5.98. The van der Waals surface area contributed by atoms with Crippen LogP contribution in [0.25, 0.3) is 6.08 Å². The third kappa shape index (κ3) is 3.71. The zero-order valence-corrected chi connectivity index (χ0v) is 14.0. The third-order valence-electron chi connectivity index (χ3n) is 3.45. The molecule has 2 aromatic rings. The molecule has 1 heterocycles. The molecule has 1 aromatic carbocycles. The second-order valence-electron chi connectivity index (χ2n) is 5.58. The summed E-state index contributed by atoms with van der Waals surface area (Å²) >= 11 is 0. The summed E-state index contributed by atoms with van der Waals surface area (Å²) in [7, 11) is 3.94. The molecular weight excluding hydrogens is 292 g/mol. The molecule has 0 spiro atoms. The Hall–Kier alpha value is -2.76. The highest BCUT2D eigenvalue weighted by atomic mass is 16.2. The van der Waals surface area contributed by atoms with Crippen LogP contribution in [0.15, 0.2) is 34.6 Å². The largest absolute Gasteiger partial charge is 0.378 e. The molecule has 6 heteroatoms. The highest BCUT2D eigenvalue weighted by Gasteiger charge is 2.13. The summed E-state index contributed by atoms with van der Waals surface area (Å²) in [6.45, 7) is 4.85. The molecule has 0 radical (unpaired) electrons. The van der Waals surface area contributed by atoms with E-state index in [4.69, 9.17) is 0 Å². The Morgan fingerprint density at radius 2 is 1.78 bits per heavy atom. The number of benzene rings is 1. The molecule has 0 saturated carbocycles. The van der Waals surface area contributed by atoms with E-state index in [1.54, 1.807) is 19.9 Å².